The molecule has 0 atom stereocenters. The molecule has 2 aromatic rings. The van der Waals surface area contributed by atoms with E-state index < -0.39 is 29.6 Å². The largest absolute Gasteiger partial charge is 0.454 e. The van der Waals surface area contributed by atoms with Crippen LogP contribution in [0, 0.1) is 0 Å². The number of hydrogen-bond donors (Lipinski definition) is 1. The van der Waals surface area contributed by atoms with Gasteiger partial charge in [0.25, 0.3) is 5.56 Å². The average molecular weight is 389 g/mol. The molecule has 0 unspecified atom stereocenters. The Kier molecular flexibility index (Phi) is 5.21. The number of carbonyl (C=O) groups excluding carboxylic acids is 2. The lowest BCUT2D eigenvalue weighted by molar-refractivity contribution is 0.0474. The molecule has 0 radical (unpaired) electrons. The first-order chi connectivity index (χ1) is 13.3. The molecule has 1 aliphatic rings. The number of rotatable bonds is 6. The van der Waals surface area contributed by atoms with E-state index in [4.69, 9.17) is 19.9 Å². The van der Waals surface area contributed by atoms with Crippen LogP contribution in [0.15, 0.2) is 27.8 Å². The van der Waals surface area contributed by atoms with Gasteiger partial charge in [0.2, 0.25) is 12.6 Å². The number of benzene rings is 1. The van der Waals surface area contributed by atoms with Gasteiger partial charge in [-0.25, -0.2) is 9.59 Å². The zero-order valence-electron chi connectivity index (χ0n) is 15.4. The third kappa shape index (κ3) is 3.36. The normalized spacial score (nSPS) is 12.1. The van der Waals surface area contributed by atoms with E-state index in [1.165, 1.54) is 19.2 Å². The highest BCUT2D eigenvalue weighted by molar-refractivity contribution is 6.02. The third-order valence-electron chi connectivity index (χ3n) is 4.25. The molecule has 2 N–H and O–H groups in total. The standard InChI is InChI=1S/C18H19N3O7/c1-3-6-21-15(19)14(16(23)20(2)18(21)25)11(22)8-26-17(24)10-4-5-12-13(7-10)28-9-27-12/h4-5,7H,3,6,8-9,19H2,1-2H3. The molecular weight excluding hydrogens is 370 g/mol. The first kappa shape index (κ1) is 19.2. The smallest absolute Gasteiger partial charge is 0.338 e. The molecule has 0 fully saturated rings. The fraction of sp³-hybridized carbons (Fsp3) is 0.333. The number of ketones is 1. The van der Waals surface area contributed by atoms with E-state index in [2.05, 4.69) is 0 Å². The Balaban J connectivity index is 1.81. The van der Waals surface area contributed by atoms with E-state index in [1.807, 2.05) is 6.92 Å². The van der Waals surface area contributed by atoms with Gasteiger partial charge in [0.15, 0.2) is 18.1 Å². The lowest BCUT2D eigenvalue weighted by Gasteiger charge is -2.13. The van der Waals surface area contributed by atoms with Gasteiger partial charge in [-0.05, 0) is 24.6 Å². The van der Waals surface area contributed by atoms with E-state index >= 15 is 0 Å². The number of aromatic nitrogens is 2. The topological polar surface area (TPSA) is 132 Å². The Morgan fingerprint density at radius 2 is 1.93 bits per heavy atom. The van der Waals surface area contributed by atoms with Crippen molar-refractivity contribution in [2.24, 2.45) is 7.05 Å². The summed E-state index contributed by atoms with van der Waals surface area (Å²) in [6.07, 6.45) is 0.578. The monoisotopic (exact) mass is 389 g/mol. The van der Waals surface area contributed by atoms with Crippen molar-refractivity contribution in [3.63, 3.8) is 0 Å². The molecule has 0 spiro atoms. The van der Waals surface area contributed by atoms with E-state index in [1.54, 1.807) is 6.07 Å². The van der Waals surface area contributed by atoms with Crippen LogP contribution in [0.4, 0.5) is 5.82 Å². The maximum atomic E-state index is 12.5. The maximum absolute atomic E-state index is 12.5. The van der Waals surface area contributed by atoms with E-state index in [-0.39, 0.29) is 30.3 Å². The molecule has 1 aromatic carbocycles. The van der Waals surface area contributed by atoms with Crippen LogP contribution in [0.25, 0.3) is 0 Å². The minimum absolute atomic E-state index is 0.0579. The van der Waals surface area contributed by atoms with Gasteiger partial charge in [-0.2, -0.15) is 0 Å². The van der Waals surface area contributed by atoms with Crippen LogP contribution in [0.1, 0.15) is 34.1 Å². The van der Waals surface area contributed by atoms with Crippen LogP contribution in [0.5, 0.6) is 11.5 Å². The summed E-state index contributed by atoms with van der Waals surface area (Å²) in [7, 11) is 1.26. The number of nitrogen functional groups attached to an aromatic ring is 1. The van der Waals surface area contributed by atoms with E-state index in [0.29, 0.717) is 17.9 Å². The number of esters is 1. The summed E-state index contributed by atoms with van der Waals surface area (Å²) in [5.41, 5.74) is 4.21. The summed E-state index contributed by atoms with van der Waals surface area (Å²) >= 11 is 0. The molecule has 1 aliphatic heterocycles. The van der Waals surface area contributed by atoms with Gasteiger partial charge in [-0.15, -0.1) is 0 Å². The fourth-order valence-corrected chi connectivity index (χ4v) is 2.80. The molecule has 2 heterocycles. The van der Waals surface area contributed by atoms with Gasteiger partial charge in [0, 0.05) is 13.6 Å². The molecule has 10 nitrogen and oxygen atoms in total. The van der Waals surface area contributed by atoms with Gasteiger partial charge in [-0.1, -0.05) is 6.92 Å². The van der Waals surface area contributed by atoms with E-state index in [0.717, 1.165) is 9.13 Å². The van der Waals surface area contributed by atoms with Crippen molar-refractivity contribution < 1.29 is 23.8 Å². The average Bonchev–Trinajstić information content (AvgIpc) is 3.15. The lowest BCUT2D eigenvalue weighted by Crippen LogP contribution is -2.43. The number of hydrogen-bond acceptors (Lipinski definition) is 8. The Hall–Kier alpha value is -3.56. The SMILES string of the molecule is CCCn1c(N)c(C(=O)COC(=O)c2ccc3c(c2)OCO3)c(=O)n(C)c1=O. The summed E-state index contributed by atoms with van der Waals surface area (Å²) in [4.78, 5) is 49.2. The van der Waals surface area contributed by atoms with Crippen molar-refractivity contribution in [2.45, 2.75) is 19.9 Å². The summed E-state index contributed by atoms with van der Waals surface area (Å²) < 4.78 is 17.3. The van der Waals surface area contributed by atoms with Gasteiger partial charge < -0.3 is 19.9 Å². The zero-order chi connectivity index (χ0) is 20.4. The Bertz CT molecular complexity index is 1070. The second-order valence-corrected chi connectivity index (χ2v) is 6.13. The van der Waals surface area contributed by atoms with E-state index in [9.17, 15) is 19.2 Å². The number of nitrogens with zero attached hydrogens (tertiary/aromatic N) is 2. The van der Waals surface area contributed by atoms with Crippen LogP contribution < -0.4 is 26.5 Å². The number of carbonyl (C=O) groups is 2. The first-order valence-corrected chi connectivity index (χ1v) is 8.54. The molecule has 28 heavy (non-hydrogen) atoms. The molecule has 0 amide bonds. The van der Waals surface area contributed by atoms with Crippen molar-refractivity contribution >= 4 is 17.6 Å². The minimum Gasteiger partial charge on any atom is -0.454 e. The van der Waals surface area contributed by atoms with Gasteiger partial charge >= 0.3 is 11.7 Å². The second-order valence-electron chi connectivity index (χ2n) is 6.13. The first-order valence-electron chi connectivity index (χ1n) is 8.54. The molecule has 1 aromatic heterocycles. The van der Waals surface area contributed by atoms with Crippen LogP contribution in [0.3, 0.4) is 0 Å². The summed E-state index contributed by atoms with van der Waals surface area (Å²) in [6, 6.07) is 4.45. The highest BCUT2D eigenvalue weighted by Crippen LogP contribution is 2.32. The Labute approximate surface area is 159 Å². The third-order valence-corrected chi connectivity index (χ3v) is 4.25. The fourth-order valence-electron chi connectivity index (χ4n) is 2.80. The van der Waals surface area contributed by atoms with Crippen molar-refractivity contribution in [1.82, 2.24) is 9.13 Å². The molecule has 0 aliphatic carbocycles. The molecule has 0 saturated carbocycles. The predicted octanol–water partition coefficient (Wildman–Crippen LogP) is 0.308. The number of fused-ring (bicyclic) bond motifs is 1. The molecule has 0 bridgehead atoms. The van der Waals surface area contributed by atoms with Crippen LogP contribution >= 0.6 is 0 Å². The zero-order valence-corrected chi connectivity index (χ0v) is 15.4. The van der Waals surface area contributed by atoms with Crippen molar-refractivity contribution in [1.29, 1.82) is 0 Å². The van der Waals surface area contributed by atoms with Crippen LogP contribution in [-0.4, -0.2) is 34.3 Å². The maximum Gasteiger partial charge on any atom is 0.338 e. The predicted molar refractivity (Wildman–Crippen MR) is 97.8 cm³/mol. The highest BCUT2D eigenvalue weighted by atomic mass is 16.7. The summed E-state index contributed by atoms with van der Waals surface area (Å²) in [5, 5.41) is 0. The molecule has 0 saturated heterocycles. The Morgan fingerprint density at radius 1 is 1.21 bits per heavy atom. The molecule has 148 valence electrons. The van der Waals surface area contributed by atoms with Crippen molar-refractivity contribution in [3.05, 3.63) is 50.2 Å². The summed E-state index contributed by atoms with van der Waals surface area (Å²) in [5.74, 6) is -0.910. The van der Waals surface area contributed by atoms with Crippen molar-refractivity contribution in [3.8, 4) is 11.5 Å². The minimum atomic E-state index is -0.834. The molecule has 10 heteroatoms. The number of anilines is 1. The number of Topliss-reactive ketones (excluding diaryl/α,β-unsaturated/α-hetero) is 1. The summed E-state index contributed by atoms with van der Waals surface area (Å²) in [6.45, 7) is 1.43. The highest BCUT2D eigenvalue weighted by Gasteiger charge is 2.23. The molecule has 3 rings (SSSR count). The van der Waals surface area contributed by atoms with Gasteiger partial charge in [0.1, 0.15) is 11.4 Å². The van der Waals surface area contributed by atoms with Crippen LogP contribution in [-0.2, 0) is 18.3 Å². The van der Waals surface area contributed by atoms with Gasteiger partial charge in [0.05, 0.1) is 5.56 Å². The lowest BCUT2D eigenvalue weighted by atomic mass is 10.2. The Morgan fingerprint density at radius 3 is 2.64 bits per heavy atom. The van der Waals surface area contributed by atoms with Crippen LogP contribution in [0.2, 0.25) is 0 Å². The second kappa shape index (κ2) is 7.59. The molecular formula is C18H19N3O7. The quantitative estimate of drug-likeness (QED) is 0.551. The number of ether oxygens (including phenoxy) is 3. The van der Waals surface area contributed by atoms with Gasteiger partial charge in [-0.3, -0.25) is 18.7 Å². The number of nitrogens with two attached hydrogens (primary N) is 1. The van der Waals surface area contributed by atoms with Crippen molar-refractivity contribution in [2.75, 3.05) is 19.1 Å².